The molecule has 0 saturated heterocycles. The van der Waals surface area contributed by atoms with Crippen LogP contribution in [0.2, 0.25) is 0 Å². The normalized spacial score (nSPS) is 11.6. The number of anilines is 3. The molecule has 0 unspecified atom stereocenters. The molecular weight excluding hydrogens is 743 g/mol. The minimum absolute atomic E-state index is 0.864. The Kier molecular flexibility index (Phi) is 8.17. The Labute approximate surface area is 353 Å². The van der Waals surface area contributed by atoms with Crippen LogP contribution in [-0.2, 0) is 0 Å². The summed E-state index contributed by atoms with van der Waals surface area (Å²) in [5.41, 5.74) is 15.7. The number of hydrogen-bond donors (Lipinski definition) is 0. The van der Waals surface area contributed by atoms with Gasteiger partial charge in [0.2, 0.25) is 0 Å². The lowest BCUT2D eigenvalue weighted by Gasteiger charge is -2.32. The molecule has 61 heavy (non-hydrogen) atoms. The van der Waals surface area contributed by atoms with Crippen LogP contribution in [-0.4, -0.2) is 0 Å². The summed E-state index contributed by atoms with van der Waals surface area (Å²) >= 11 is 0. The van der Waals surface area contributed by atoms with Crippen molar-refractivity contribution in [3.05, 3.63) is 224 Å². The smallest absolute Gasteiger partial charge is 0.136 e. The summed E-state index contributed by atoms with van der Waals surface area (Å²) < 4.78 is 12.9. The van der Waals surface area contributed by atoms with E-state index in [0.717, 1.165) is 88.8 Å². The number of fused-ring (bicyclic) bond motifs is 7. The zero-order chi connectivity index (χ0) is 40.3. The van der Waals surface area contributed by atoms with Crippen molar-refractivity contribution < 1.29 is 8.83 Å². The van der Waals surface area contributed by atoms with Crippen LogP contribution >= 0.6 is 0 Å². The van der Waals surface area contributed by atoms with Crippen LogP contribution in [0, 0.1) is 0 Å². The average molecular weight is 780 g/mol. The van der Waals surface area contributed by atoms with Gasteiger partial charge in [0, 0.05) is 38.2 Å². The van der Waals surface area contributed by atoms with E-state index in [4.69, 9.17) is 8.83 Å². The molecule has 10 aromatic carbocycles. The molecule has 2 heterocycles. The van der Waals surface area contributed by atoms with Crippen molar-refractivity contribution in [2.24, 2.45) is 0 Å². The lowest BCUT2D eigenvalue weighted by molar-refractivity contribution is 0.668. The number of furan rings is 2. The first kappa shape index (κ1) is 34.9. The van der Waals surface area contributed by atoms with E-state index < -0.39 is 0 Å². The van der Waals surface area contributed by atoms with E-state index in [1.807, 2.05) is 18.2 Å². The molecular formula is C58H37NO2. The van der Waals surface area contributed by atoms with Gasteiger partial charge in [0.05, 0.1) is 17.1 Å². The van der Waals surface area contributed by atoms with Gasteiger partial charge in [-0.05, 0) is 87.1 Å². The quantitative estimate of drug-likeness (QED) is 0.161. The van der Waals surface area contributed by atoms with Crippen LogP contribution < -0.4 is 4.90 Å². The molecule has 0 aliphatic heterocycles. The van der Waals surface area contributed by atoms with Crippen molar-refractivity contribution >= 4 is 71.7 Å². The van der Waals surface area contributed by atoms with Gasteiger partial charge in [-0.15, -0.1) is 0 Å². The van der Waals surface area contributed by atoms with E-state index in [0.29, 0.717) is 0 Å². The number of rotatable bonds is 7. The van der Waals surface area contributed by atoms with Gasteiger partial charge in [-0.2, -0.15) is 0 Å². The second-order valence-electron chi connectivity index (χ2n) is 15.5. The predicted octanol–water partition coefficient (Wildman–Crippen LogP) is 16.8. The molecule has 0 atom stereocenters. The van der Waals surface area contributed by atoms with Gasteiger partial charge in [0.25, 0.3) is 0 Å². The molecule has 0 radical (unpaired) electrons. The number of nitrogens with zero attached hydrogens (tertiary/aromatic N) is 1. The third-order valence-electron chi connectivity index (χ3n) is 12.1. The Bertz CT molecular complexity index is 3610. The molecule has 12 aromatic rings. The Morgan fingerprint density at radius 1 is 0.262 bits per heavy atom. The van der Waals surface area contributed by atoms with Crippen LogP contribution in [0.1, 0.15) is 0 Å². The van der Waals surface area contributed by atoms with Gasteiger partial charge in [-0.3, -0.25) is 0 Å². The molecule has 3 heteroatoms. The van der Waals surface area contributed by atoms with E-state index in [2.05, 4.69) is 211 Å². The number of benzene rings is 10. The second-order valence-corrected chi connectivity index (χ2v) is 15.5. The minimum atomic E-state index is 0.864. The van der Waals surface area contributed by atoms with Crippen LogP contribution in [0.5, 0.6) is 0 Å². The van der Waals surface area contributed by atoms with Gasteiger partial charge >= 0.3 is 0 Å². The van der Waals surface area contributed by atoms with Crippen LogP contribution in [0.3, 0.4) is 0 Å². The average Bonchev–Trinajstić information content (AvgIpc) is 3.90. The first-order chi connectivity index (χ1) is 30.3. The van der Waals surface area contributed by atoms with Crippen molar-refractivity contribution in [3.8, 4) is 44.5 Å². The van der Waals surface area contributed by atoms with Gasteiger partial charge < -0.3 is 13.7 Å². The summed E-state index contributed by atoms with van der Waals surface area (Å²) in [5, 5.41) is 6.83. The zero-order valence-corrected chi connectivity index (χ0v) is 33.1. The molecule has 286 valence electrons. The van der Waals surface area contributed by atoms with Gasteiger partial charge in [-0.25, -0.2) is 0 Å². The lowest BCUT2D eigenvalue weighted by Crippen LogP contribution is -2.13. The standard InChI is InChI=1S/C58H37NO2/c1-2-17-38(18-3-1)42-26-14-19-39-20-15-27-47(57(39)42)43-22-5-10-30-51(43)59(50-29-9-4-21-41(50)40-35-36-46-45-24-7-12-32-53(45)61-56(46)37-40)52-31-11-6-23-44(52)48-28-16-34-55-58(48)49-25-8-13-33-54(49)60-55/h1-37H. The fourth-order valence-electron chi connectivity index (χ4n) is 9.41. The second kappa shape index (κ2) is 14.3. The van der Waals surface area contributed by atoms with E-state index in [9.17, 15) is 0 Å². The Hall–Kier alpha value is -8.14. The molecule has 0 spiro atoms. The molecule has 0 fully saturated rings. The van der Waals surface area contributed by atoms with Crippen LogP contribution in [0.4, 0.5) is 17.1 Å². The molecule has 0 saturated carbocycles. The van der Waals surface area contributed by atoms with E-state index in [1.165, 1.54) is 27.5 Å². The SMILES string of the molecule is c1ccc(-c2cccc3cccc(-c4ccccc4N(c4ccccc4-c4ccc5c(c4)oc4ccccc45)c4ccccc4-c4cccc5oc6ccccc6c45)c23)cc1. The largest absolute Gasteiger partial charge is 0.456 e. The number of para-hydroxylation sites is 5. The monoisotopic (exact) mass is 779 g/mol. The fourth-order valence-corrected chi connectivity index (χ4v) is 9.41. The summed E-state index contributed by atoms with van der Waals surface area (Å²) in [7, 11) is 0. The third kappa shape index (κ3) is 5.74. The van der Waals surface area contributed by atoms with E-state index in [1.54, 1.807) is 0 Å². The topological polar surface area (TPSA) is 29.5 Å². The van der Waals surface area contributed by atoms with Gasteiger partial charge in [-0.1, -0.05) is 176 Å². The van der Waals surface area contributed by atoms with Crippen molar-refractivity contribution in [3.63, 3.8) is 0 Å². The molecule has 0 amide bonds. The molecule has 0 aliphatic rings. The van der Waals surface area contributed by atoms with Crippen LogP contribution in [0.25, 0.3) is 99.2 Å². The maximum atomic E-state index is 6.47. The Morgan fingerprint density at radius 2 is 0.738 bits per heavy atom. The van der Waals surface area contributed by atoms with Gasteiger partial charge in [0.15, 0.2) is 0 Å². The maximum absolute atomic E-state index is 6.47. The van der Waals surface area contributed by atoms with E-state index in [-0.39, 0.29) is 0 Å². The molecule has 2 aromatic heterocycles. The van der Waals surface area contributed by atoms with Gasteiger partial charge in [0.1, 0.15) is 22.3 Å². The molecule has 0 N–H and O–H groups in total. The maximum Gasteiger partial charge on any atom is 0.136 e. The lowest BCUT2D eigenvalue weighted by atomic mass is 9.90. The van der Waals surface area contributed by atoms with E-state index >= 15 is 0 Å². The van der Waals surface area contributed by atoms with Crippen molar-refractivity contribution in [1.29, 1.82) is 0 Å². The Balaban J connectivity index is 1.15. The number of hydrogen-bond acceptors (Lipinski definition) is 3. The molecule has 12 rings (SSSR count). The highest BCUT2D eigenvalue weighted by Gasteiger charge is 2.25. The van der Waals surface area contributed by atoms with Crippen LogP contribution in [0.15, 0.2) is 233 Å². The minimum Gasteiger partial charge on any atom is -0.456 e. The fraction of sp³-hybridized carbons (Fsp3) is 0. The highest BCUT2D eigenvalue weighted by atomic mass is 16.3. The molecule has 3 nitrogen and oxygen atoms in total. The predicted molar refractivity (Wildman–Crippen MR) is 255 cm³/mol. The van der Waals surface area contributed by atoms with Crippen molar-refractivity contribution in [2.45, 2.75) is 0 Å². The molecule has 0 aliphatic carbocycles. The first-order valence-corrected chi connectivity index (χ1v) is 20.8. The Morgan fingerprint density at radius 3 is 1.46 bits per heavy atom. The first-order valence-electron chi connectivity index (χ1n) is 20.8. The summed E-state index contributed by atoms with van der Waals surface area (Å²) in [4.78, 5) is 2.47. The summed E-state index contributed by atoms with van der Waals surface area (Å²) in [6, 6.07) is 80.1. The zero-order valence-electron chi connectivity index (χ0n) is 33.1. The van der Waals surface area contributed by atoms with Crippen molar-refractivity contribution in [1.82, 2.24) is 0 Å². The summed E-state index contributed by atoms with van der Waals surface area (Å²) in [5.74, 6) is 0. The summed E-state index contributed by atoms with van der Waals surface area (Å²) in [6.07, 6.45) is 0. The molecule has 0 bridgehead atoms. The highest BCUT2D eigenvalue weighted by Crippen LogP contribution is 2.50. The summed E-state index contributed by atoms with van der Waals surface area (Å²) in [6.45, 7) is 0. The van der Waals surface area contributed by atoms with Crippen molar-refractivity contribution in [2.75, 3.05) is 4.90 Å². The third-order valence-corrected chi connectivity index (χ3v) is 12.1. The highest BCUT2D eigenvalue weighted by molar-refractivity contribution is 6.15.